The van der Waals surface area contributed by atoms with Crippen LogP contribution in [0, 0.1) is 0 Å². The summed E-state index contributed by atoms with van der Waals surface area (Å²) < 4.78 is 0. The molecule has 2 aliphatic heterocycles. The number of hydrogen-bond donors (Lipinski definition) is 3. The van der Waals surface area contributed by atoms with Crippen LogP contribution in [0.3, 0.4) is 0 Å². The van der Waals surface area contributed by atoms with Crippen LogP contribution in [-0.2, 0) is 9.59 Å². The van der Waals surface area contributed by atoms with Crippen molar-refractivity contribution in [2.45, 2.75) is 43.0 Å². The predicted molar refractivity (Wildman–Crippen MR) is 73.0 cm³/mol. The van der Waals surface area contributed by atoms with Gasteiger partial charge in [0.25, 0.3) is 0 Å². The third kappa shape index (κ3) is 3.86. The third-order valence-corrected chi connectivity index (χ3v) is 4.97. The molecule has 0 spiro atoms. The van der Waals surface area contributed by atoms with Crippen molar-refractivity contribution in [1.29, 1.82) is 0 Å². The van der Waals surface area contributed by atoms with Gasteiger partial charge in [0.1, 0.15) is 6.29 Å². The van der Waals surface area contributed by atoms with Crippen molar-refractivity contribution in [3.05, 3.63) is 0 Å². The van der Waals surface area contributed by atoms with Crippen LogP contribution in [-0.4, -0.2) is 47.9 Å². The molecule has 19 heavy (non-hydrogen) atoms. The third-order valence-electron chi connectivity index (χ3n) is 3.46. The molecule has 106 valence electrons. The van der Waals surface area contributed by atoms with Crippen LogP contribution in [0.5, 0.6) is 0 Å². The van der Waals surface area contributed by atoms with Crippen molar-refractivity contribution < 1.29 is 14.4 Å². The van der Waals surface area contributed by atoms with Crippen LogP contribution in [0.25, 0.3) is 0 Å². The zero-order chi connectivity index (χ0) is 13.7. The highest BCUT2D eigenvalue weighted by molar-refractivity contribution is 8.00. The lowest BCUT2D eigenvalue weighted by molar-refractivity contribution is -0.122. The Morgan fingerprint density at radius 2 is 2.26 bits per heavy atom. The average molecular weight is 285 g/mol. The second-order valence-electron chi connectivity index (χ2n) is 4.84. The Labute approximate surface area is 116 Å². The summed E-state index contributed by atoms with van der Waals surface area (Å²) in [5.74, 6) is 0.897. The van der Waals surface area contributed by atoms with Gasteiger partial charge in [-0.15, -0.1) is 0 Å². The number of hydrogen-bond acceptors (Lipinski definition) is 4. The highest BCUT2D eigenvalue weighted by atomic mass is 32.2. The Morgan fingerprint density at radius 1 is 1.42 bits per heavy atom. The van der Waals surface area contributed by atoms with Gasteiger partial charge in [-0.25, -0.2) is 4.79 Å². The number of carbonyl (C=O) groups is 3. The van der Waals surface area contributed by atoms with Gasteiger partial charge in [-0.05, 0) is 12.8 Å². The first-order valence-corrected chi connectivity index (χ1v) is 7.64. The molecule has 0 bridgehead atoms. The second kappa shape index (κ2) is 6.79. The maximum atomic E-state index is 11.3. The molecular formula is C12H19N3O3S. The average Bonchev–Trinajstić information content (AvgIpc) is 2.92. The summed E-state index contributed by atoms with van der Waals surface area (Å²) in [4.78, 5) is 32.6. The number of aldehydes is 1. The van der Waals surface area contributed by atoms with E-state index in [4.69, 9.17) is 0 Å². The fourth-order valence-electron chi connectivity index (χ4n) is 2.52. The van der Waals surface area contributed by atoms with E-state index >= 15 is 0 Å². The van der Waals surface area contributed by atoms with Gasteiger partial charge in [-0.1, -0.05) is 6.42 Å². The Kier molecular flexibility index (Phi) is 5.07. The smallest absolute Gasteiger partial charge is 0.315 e. The van der Waals surface area contributed by atoms with Crippen LogP contribution in [0.2, 0.25) is 0 Å². The number of fused-ring (bicyclic) bond motifs is 1. The van der Waals surface area contributed by atoms with E-state index in [1.807, 2.05) is 11.8 Å². The lowest BCUT2D eigenvalue weighted by Gasteiger charge is -2.16. The molecule has 2 aliphatic rings. The van der Waals surface area contributed by atoms with Crippen molar-refractivity contribution in [3.63, 3.8) is 0 Å². The molecular weight excluding hydrogens is 266 g/mol. The molecule has 7 heteroatoms. The van der Waals surface area contributed by atoms with Crippen LogP contribution in [0.15, 0.2) is 0 Å². The second-order valence-corrected chi connectivity index (χ2v) is 6.11. The normalized spacial score (nSPS) is 28.4. The first kappa shape index (κ1) is 14.2. The van der Waals surface area contributed by atoms with Crippen LogP contribution >= 0.6 is 11.8 Å². The summed E-state index contributed by atoms with van der Waals surface area (Å²) in [6.07, 6.45) is 3.94. The molecule has 0 aromatic carbocycles. The van der Waals surface area contributed by atoms with Gasteiger partial charge in [-0.3, -0.25) is 4.79 Å². The first-order valence-electron chi connectivity index (χ1n) is 6.59. The van der Waals surface area contributed by atoms with Gasteiger partial charge in [0.05, 0.1) is 18.6 Å². The molecule has 2 fully saturated rings. The van der Waals surface area contributed by atoms with Crippen LogP contribution in [0.4, 0.5) is 4.79 Å². The quantitative estimate of drug-likeness (QED) is 0.350. The summed E-state index contributed by atoms with van der Waals surface area (Å²) in [6, 6.07) is 0.438. The van der Waals surface area contributed by atoms with Crippen molar-refractivity contribution in [2.75, 3.05) is 12.3 Å². The van der Waals surface area contributed by atoms with Gasteiger partial charge in [0.2, 0.25) is 5.91 Å². The summed E-state index contributed by atoms with van der Waals surface area (Å²) in [5.41, 5.74) is 0. The monoisotopic (exact) mass is 285 g/mol. The molecule has 2 rings (SSSR count). The molecule has 0 unspecified atom stereocenters. The number of unbranched alkanes of at least 4 members (excludes halogenated alkanes) is 1. The molecule has 2 heterocycles. The summed E-state index contributed by atoms with van der Waals surface area (Å²) >= 11 is 1.89. The van der Waals surface area contributed by atoms with Gasteiger partial charge in [-0.2, -0.15) is 11.8 Å². The molecule has 0 saturated carbocycles. The Hall–Kier alpha value is -1.24. The summed E-state index contributed by atoms with van der Waals surface area (Å²) in [6.45, 7) is 0.0960. The highest BCUT2D eigenvalue weighted by Crippen LogP contribution is 2.33. The fraction of sp³-hybridized carbons (Fsp3) is 0.750. The molecule has 3 atom stereocenters. The highest BCUT2D eigenvalue weighted by Gasteiger charge is 2.42. The lowest BCUT2D eigenvalue weighted by Crippen LogP contribution is -2.36. The number of urea groups is 1. The Morgan fingerprint density at radius 3 is 3.05 bits per heavy atom. The minimum atomic E-state index is -0.0695. The van der Waals surface area contributed by atoms with Crippen molar-refractivity contribution in [1.82, 2.24) is 16.0 Å². The van der Waals surface area contributed by atoms with E-state index in [1.54, 1.807) is 0 Å². The zero-order valence-corrected chi connectivity index (χ0v) is 11.5. The van der Waals surface area contributed by atoms with Crippen LogP contribution < -0.4 is 16.0 Å². The number of rotatable bonds is 7. The largest absolute Gasteiger partial charge is 0.349 e. The molecule has 2 saturated heterocycles. The van der Waals surface area contributed by atoms with E-state index < -0.39 is 0 Å². The number of amides is 3. The van der Waals surface area contributed by atoms with Gasteiger partial charge >= 0.3 is 6.03 Å². The molecule has 6 nitrogen and oxygen atoms in total. The maximum Gasteiger partial charge on any atom is 0.315 e. The SMILES string of the molecule is O=CCNC(=O)CCCC[C@@H]1SC[C@@H]2NC(=O)N[C@@H]21. The maximum absolute atomic E-state index is 11.3. The van der Waals surface area contributed by atoms with Crippen molar-refractivity contribution in [3.8, 4) is 0 Å². The van der Waals surface area contributed by atoms with E-state index in [9.17, 15) is 14.4 Å². The Balaban J connectivity index is 1.60. The van der Waals surface area contributed by atoms with Crippen molar-refractivity contribution >= 4 is 30.0 Å². The predicted octanol–water partition coefficient (Wildman–Crippen LogP) is 0.0273. The van der Waals surface area contributed by atoms with Gasteiger partial charge in [0.15, 0.2) is 0 Å². The molecule has 0 aliphatic carbocycles. The molecule has 0 aromatic heterocycles. The van der Waals surface area contributed by atoms with Gasteiger partial charge < -0.3 is 20.7 Å². The minimum absolute atomic E-state index is 0.0615. The van der Waals surface area contributed by atoms with E-state index in [1.165, 1.54) is 0 Å². The number of thioether (sulfide) groups is 1. The standard InChI is InChI=1S/C12H19N3O3S/c16-6-5-13-10(17)4-2-1-3-9-11-8(7-19-9)14-12(18)15-11/h6,8-9,11H,1-5,7H2,(H,13,17)(H2,14,15,18)/t8-,9-,11-/m0/s1. The number of carbonyl (C=O) groups excluding carboxylic acids is 3. The molecule has 0 radical (unpaired) electrons. The fourth-order valence-corrected chi connectivity index (χ4v) is 4.06. The lowest BCUT2D eigenvalue weighted by atomic mass is 10.0. The van der Waals surface area contributed by atoms with Gasteiger partial charge in [0, 0.05) is 17.4 Å². The molecule has 3 N–H and O–H groups in total. The Bertz CT molecular complexity index is 364. The van der Waals surface area contributed by atoms with Crippen LogP contribution in [0.1, 0.15) is 25.7 Å². The topological polar surface area (TPSA) is 87.3 Å². The first-order chi connectivity index (χ1) is 9.20. The van der Waals surface area contributed by atoms with E-state index in [0.717, 1.165) is 25.0 Å². The molecule has 3 amide bonds. The zero-order valence-electron chi connectivity index (χ0n) is 10.7. The number of nitrogens with one attached hydrogen (secondary N) is 3. The van der Waals surface area contributed by atoms with Crippen molar-refractivity contribution in [2.24, 2.45) is 0 Å². The summed E-state index contributed by atoms with van der Waals surface area (Å²) in [7, 11) is 0. The molecule has 0 aromatic rings. The summed E-state index contributed by atoms with van der Waals surface area (Å²) in [5, 5.41) is 8.83. The van der Waals surface area contributed by atoms with E-state index in [0.29, 0.717) is 18.0 Å². The minimum Gasteiger partial charge on any atom is -0.349 e. The van der Waals surface area contributed by atoms with E-state index in [-0.39, 0.29) is 30.6 Å². The van der Waals surface area contributed by atoms with E-state index in [2.05, 4.69) is 16.0 Å².